The molecule has 1 N–H and O–H groups in total. The lowest BCUT2D eigenvalue weighted by molar-refractivity contribution is -0.228. The summed E-state index contributed by atoms with van der Waals surface area (Å²) >= 11 is 0. The Morgan fingerprint density at radius 2 is 1.56 bits per heavy atom. The highest BCUT2D eigenvalue weighted by Crippen LogP contribution is 2.42. The molecular weight excluding hydrogens is 518 g/mol. The number of carbonyl (C=O) groups excluding carboxylic acids is 1. The molecule has 5 atom stereocenters. The monoisotopic (exact) mass is 569 g/mol. The number of amides is 1. The number of hydrogen-bond donors (Lipinski definition) is 1. The van der Waals surface area contributed by atoms with Crippen LogP contribution >= 0.6 is 0 Å². The molecule has 0 aliphatic heterocycles. The van der Waals surface area contributed by atoms with Crippen molar-refractivity contribution in [1.29, 1.82) is 0 Å². The molecule has 0 heterocycles. The van der Waals surface area contributed by atoms with Crippen LogP contribution in [0.2, 0.25) is 0 Å². The number of hydrogen-bond acceptors (Lipinski definition) is 6. The Labute approximate surface area is 247 Å². The molecule has 1 saturated carbocycles. The molecule has 1 amide bonds. The van der Waals surface area contributed by atoms with Crippen molar-refractivity contribution in [3.63, 3.8) is 0 Å². The molecule has 0 spiro atoms. The van der Waals surface area contributed by atoms with Crippen molar-refractivity contribution in [3.8, 4) is 0 Å². The van der Waals surface area contributed by atoms with E-state index in [1.54, 1.807) is 7.05 Å². The van der Waals surface area contributed by atoms with E-state index in [-0.39, 0.29) is 18.6 Å². The van der Waals surface area contributed by atoms with E-state index in [1.165, 1.54) is 4.90 Å². The van der Waals surface area contributed by atoms with Crippen LogP contribution in [0.15, 0.2) is 60.7 Å². The zero-order valence-corrected chi connectivity index (χ0v) is 26.1. The van der Waals surface area contributed by atoms with Crippen molar-refractivity contribution < 1.29 is 28.8 Å². The van der Waals surface area contributed by atoms with Crippen LogP contribution in [0, 0.1) is 5.92 Å². The van der Waals surface area contributed by atoms with Crippen molar-refractivity contribution in [2.75, 3.05) is 13.7 Å². The molecule has 0 bridgehead atoms. The fourth-order valence-corrected chi connectivity index (χ4v) is 5.17. The number of carbonyl (C=O) groups is 1. The van der Waals surface area contributed by atoms with E-state index >= 15 is 0 Å². The summed E-state index contributed by atoms with van der Waals surface area (Å²) in [5.41, 5.74) is -0.887. The SMILES string of the molecule is CCCCC(C)C(C)(O)CO[C@]1(N(C)C(=O)OC(C)(C)C)C[C@H](OCc2ccccc2)C[C@@H]1OCc1ccccc1. The van der Waals surface area contributed by atoms with Gasteiger partial charge >= 0.3 is 6.09 Å². The summed E-state index contributed by atoms with van der Waals surface area (Å²) < 4.78 is 25.4. The zero-order chi connectivity index (χ0) is 30.1. The number of benzene rings is 2. The van der Waals surface area contributed by atoms with E-state index in [2.05, 4.69) is 6.92 Å². The van der Waals surface area contributed by atoms with Gasteiger partial charge in [-0.05, 0) is 51.2 Å². The van der Waals surface area contributed by atoms with Gasteiger partial charge in [-0.3, -0.25) is 4.90 Å². The quantitative estimate of drug-likeness (QED) is 0.244. The summed E-state index contributed by atoms with van der Waals surface area (Å²) in [5, 5.41) is 11.5. The third kappa shape index (κ3) is 9.53. The molecule has 1 aliphatic carbocycles. The maximum absolute atomic E-state index is 13.5. The highest BCUT2D eigenvalue weighted by Gasteiger charge is 2.56. The second kappa shape index (κ2) is 14.6. The fraction of sp³-hybridized carbons (Fsp3) is 0.618. The highest BCUT2D eigenvalue weighted by atomic mass is 16.6. The molecular formula is C34H51NO6. The highest BCUT2D eigenvalue weighted by molar-refractivity contribution is 5.69. The Balaban J connectivity index is 1.91. The van der Waals surface area contributed by atoms with E-state index in [4.69, 9.17) is 18.9 Å². The number of aliphatic hydroxyl groups is 1. The van der Waals surface area contributed by atoms with E-state index < -0.39 is 29.1 Å². The zero-order valence-electron chi connectivity index (χ0n) is 26.1. The Morgan fingerprint density at radius 3 is 2.10 bits per heavy atom. The van der Waals surface area contributed by atoms with Crippen LogP contribution in [-0.2, 0) is 32.2 Å². The van der Waals surface area contributed by atoms with Gasteiger partial charge in [0.15, 0.2) is 5.72 Å². The summed E-state index contributed by atoms with van der Waals surface area (Å²) in [7, 11) is 1.70. The summed E-state index contributed by atoms with van der Waals surface area (Å²) in [6.45, 7) is 12.4. The molecule has 0 aromatic heterocycles. The van der Waals surface area contributed by atoms with Crippen molar-refractivity contribution in [2.45, 2.75) is 116 Å². The van der Waals surface area contributed by atoms with Gasteiger partial charge in [-0.25, -0.2) is 4.79 Å². The molecule has 0 saturated heterocycles. The number of nitrogens with zero attached hydrogens (tertiary/aromatic N) is 1. The van der Waals surface area contributed by atoms with Crippen LogP contribution < -0.4 is 0 Å². The molecule has 2 aromatic carbocycles. The largest absolute Gasteiger partial charge is 0.444 e. The van der Waals surface area contributed by atoms with Gasteiger partial charge in [-0.15, -0.1) is 0 Å². The number of ether oxygens (including phenoxy) is 4. The van der Waals surface area contributed by atoms with Crippen molar-refractivity contribution >= 4 is 6.09 Å². The standard InChI is InChI=1S/C34H51NO6/c1-8-9-16-26(2)33(6,37)25-40-34(35(7)31(36)41-32(3,4)5)22-29(38-23-27-17-12-10-13-18-27)21-30(34)39-24-28-19-14-11-15-20-28/h10-15,17-20,26,29-30,37H,8-9,16,21-25H2,1-7H3/t26?,29-,30+,33?,34-/m1/s1. The van der Waals surface area contributed by atoms with Gasteiger partial charge in [0.05, 0.1) is 31.5 Å². The number of likely N-dealkylation sites (N-methyl/N-ethyl adjacent to an activating group) is 1. The first-order valence-corrected chi connectivity index (χ1v) is 15.0. The summed E-state index contributed by atoms with van der Waals surface area (Å²) in [6.07, 6.45) is 2.63. The van der Waals surface area contributed by atoms with E-state index in [0.29, 0.717) is 26.1 Å². The van der Waals surface area contributed by atoms with Crippen LogP contribution in [0.4, 0.5) is 4.79 Å². The van der Waals surface area contributed by atoms with Gasteiger partial charge in [0.2, 0.25) is 0 Å². The lowest BCUT2D eigenvalue weighted by Gasteiger charge is -2.44. The molecule has 228 valence electrons. The maximum atomic E-state index is 13.5. The molecule has 2 aromatic rings. The first kappa shape index (κ1) is 33.1. The molecule has 41 heavy (non-hydrogen) atoms. The Hall–Kier alpha value is -2.45. The molecule has 1 fully saturated rings. The third-order valence-corrected chi connectivity index (χ3v) is 8.02. The lowest BCUT2D eigenvalue weighted by Crippen LogP contribution is -2.59. The van der Waals surface area contributed by atoms with Crippen LogP contribution in [0.1, 0.15) is 84.8 Å². The minimum Gasteiger partial charge on any atom is -0.444 e. The van der Waals surface area contributed by atoms with E-state index in [1.807, 2.05) is 95.3 Å². The molecule has 2 unspecified atom stereocenters. The first-order chi connectivity index (χ1) is 19.4. The predicted octanol–water partition coefficient (Wildman–Crippen LogP) is 7.11. The Bertz CT molecular complexity index is 1050. The lowest BCUT2D eigenvalue weighted by atomic mass is 9.87. The number of unbranched alkanes of at least 4 members (excludes halogenated alkanes) is 1. The van der Waals surface area contributed by atoms with Crippen LogP contribution in [-0.4, -0.2) is 58.9 Å². The van der Waals surface area contributed by atoms with Gasteiger partial charge in [0.25, 0.3) is 0 Å². The molecule has 0 radical (unpaired) electrons. The van der Waals surface area contributed by atoms with Gasteiger partial charge in [-0.2, -0.15) is 0 Å². The second-order valence-electron chi connectivity index (χ2n) is 12.7. The van der Waals surface area contributed by atoms with E-state index in [9.17, 15) is 9.90 Å². The minimum atomic E-state index is -1.20. The average molecular weight is 570 g/mol. The molecule has 3 rings (SSSR count). The summed E-state index contributed by atoms with van der Waals surface area (Å²) in [4.78, 5) is 15.0. The average Bonchev–Trinajstić information content (AvgIpc) is 3.30. The topological polar surface area (TPSA) is 77.5 Å². The molecule has 7 heteroatoms. The summed E-state index contributed by atoms with van der Waals surface area (Å²) in [5.74, 6) is 0.0153. The third-order valence-electron chi connectivity index (χ3n) is 8.02. The van der Waals surface area contributed by atoms with Crippen LogP contribution in [0.25, 0.3) is 0 Å². The van der Waals surface area contributed by atoms with Gasteiger partial charge in [0, 0.05) is 19.9 Å². The smallest absolute Gasteiger partial charge is 0.412 e. The Kier molecular flexibility index (Phi) is 11.8. The van der Waals surface area contributed by atoms with E-state index in [0.717, 1.165) is 30.4 Å². The van der Waals surface area contributed by atoms with Crippen LogP contribution in [0.3, 0.4) is 0 Å². The van der Waals surface area contributed by atoms with Gasteiger partial charge < -0.3 is 24.1 Å². The van der Waals surface area contributed by atoms with Crippen molar-refractivity contribution in [2.24, 2.45) is 5.92 Å². The summed E-state index contributed by atoms with van der Waals surface area (Å²) in [6, 6.07) is 20.0. The molecule has 7 nitrogen and oxygen atoms in total. The second-order valence-corrected chi connectivity index (χ2v) is 12.7. The first-order valence-electron chi connectivity index (χ1n) is 15.0. The predicted molar refractivity (Wildman–Crippen MR) is 161 cm³/mol. The maximum Gasteiger partial charge on any atom is 0.412 e. The van der Waals surface area contributed by atoms with Gasteiger partial charge in [-0.1, -0.05) is 87.4 Å². The van der Waals surface area contributed by atoms with Crippen LogP contribution in [0.5, 0.6) is 0 Å². The minimum absolute atomic E-state index is 0.0153. The van der Waals surface area contributed by atoms with Gasteiger partial charge in [0.1, 0.15) is 11.7 Å². The Morgan fingerprint density at radius 1 is 1.00 bits per heavy atom. The normalized spacial score (nSPS) is 23.1. The molecule has 1 aliphatic rings. The number of rotatable bonds is 14. The fourth-order valence-electron chi connectivity index (χ4n) is 5.17. The van der Waals surface area contributed by atoms with Crippen molar-refractivity contribution in [1.82, 2.24) is 4.90 Å². The van der Waals surface area contributed by atoms with Crippen molar-refractivity contribution in [3.05, 3.63) is 71.8 Å².